The molecule has 0 aromatic carbocycles. The molecule has 2 aliphatic carbocycles. The van der Waals surface area contributed by atoms with E-state index in [0.717, 1.165) is 38.9 Å². The minimum absolute atomic E-state index is 0.131. The van der Waals surface area contributed by atoms with Crippen molar-refractivity contribution in [3.05, 3.63) is 0 Å². The second kappa shape index (κ2) is 3.42. The average molecular weight is 228 g/mol. The molecule has 0 amide bonds. The summed E-state index contributed by atoms with van der Waals surface area (Å²) < 4.78 is 25.2. The van der Waals surface area contributed by atoms with E-state index in [-0.39, 0.29) is 11.2 Å². The number of rotatable bonds is 0. The van der Waals surface area contributed by atoms with Gasteiger partial charge in [-0.2, -0.15) is 0 Å². The lowest BCUT2D eigenvalue weighted by Gasteiger charge is -2.42. The van der Waals surface area contributed by atoms with Gasteiger partial charge in [-0.1, -0.05) is 13.8 Å². The van der Waals surface area contributed by atoms with E-state index in [1.54, 1.807) is 0 Å². The summed E-state index contributed by atoms with van der Waals surface area (Å²) in [5.74, 6) is 0.637. The molecule has 0 radical (unpaired) electrons. The van der Waals surface area contributed by atoms with Crippen molar-refractivity contribution in [3.8, 4) is 0 Å². The predicted molar refractivity (Wildman–Crippen MR) is 58.8 cm³/mol. The van der Waals surface area contributed by atoms with Crippen LogP contribution in [-0.2, 0) is 9.47 Å². The third kappa shape index (κ3) is 1.78. The van der Waals surface area contributed by atoms with Crippen LogP contribution in [0.2, 0.25) is 0 Å². The topological polar surface area (TPSA) is 18.5 Å². The van der Waals surface area contributed by atoms with Crippen molar-refractivity contribution >= 4 is 0 Å². The third-order valence-electron chi connectivity index (χ3n) is 4.38. The first kappa shape index (κ1) is 11.0. The van der Waals surface area contributed by atoms with Gasteiger partial charge in [0.2, 0.25) is 0 Å². The number of ether oxygens (including phenoxy) is 2. The van der Waals surface area contributed by atoms with Gasteiger partial charge in [-0.25, -0.2) is 4.39 Å². The Morgan fingerprint density at radius 3 is 2.00 bits per heavy atom. The van der Waals surface area contributed by atoms with E-state index in [9.17, 15) is 4.39 Å². The molecule has 3 atom stereocenters. The smallest absolute Gasteiger partial charge is 0.168 e. The molecule has 16 heavy (non-hydrogen) atoms. The molecule has 2 nitrogen and oxygen atoms in total. The molecule has 3 heteroatoms. The van der Waals surface area contributed by atoms with Crippen molar-refractivity contribution in [1.82, 2.24) is 0 Å². The summed E-state index contributed by atoms with van der Waals surface area (Å²) >= 11 is 0. The Labute approximate surface area is 96.5 Å². The monoisotopic (exact) mass is 228 g/mol. The number of hydrogen-bond donors (Lipinski definition) is 0. The lowest BCUT2D eigenvalue weighted by Crippen LogP contribution is -2.46. The second-order valence-corrected chi connectivity index (χ2v) is 6.65. The maximum Gasteiger partial charge on any atom is 0.168 e. The van der Waals surface area contributed by atoms with Gasteiger partial charge in [-0.3, -0.25) is 0 Å². The predicted octanol–water partition coefficient (Wildman–Crippen LogP) is 2.91. The Bertz CT molecular complexity index is 264. The summed E-state index contributed by atoms with van der Waals surface area (Å²) in [5.41, 5.74) is 0.131. The molecule has 0 N–H and O–H groups in total. The van der Waals surface area contributed by atoms with Crippen molar-refractivity contribution < 1.29 is 13.9 Å². The standard InChI is InChI=1S/C13H21FO2/c1-12(2)7-15-13(16-8-12)5-9-3-11(14)4-10(9)6-13/h9-11H,3-8H2,1-2H3/t9-,10?,11?/m1/s1. The van der Waals surface area contributed by atoms with Crippen LogP contribution in [0.4, 0.5) is 4.39 Å². The number of alkyl halides is 1. The summed E-state index contributed by atoms with van der Waals surface area (Å²) in [6.07, 6.45) is 2.69. The second-order valence-electron chi connectivity index (χ2n) is 6.65. The zero-order valence-electron chi connectivity index (χ0n) is 10.2. The van der Waals surface area contributed by atoms with Crippen molar-refractivity contribution in [2.45, 2.75) is 51.5 Å². The van der Waals surface area contributed by atoms with Crippen LogP contribution in [0.5, 0.6) is 0 Å². The molecular formula is C13H21FO2. The van der Waals surface area contributed by atoms with E-state index in [2.05, 4.69) is 13.8 Å². The highest BCUT2D eigenvalue weighted by atomic mass is 19.1. The fourth-order valence-corrected chi connectivity index (χ4v) is 3.49. The summed E-state index contributed by atoms with van der Waals surface area (Å²) in [6.45, 7) is 5.86. The van der Waals surface area contributed by atoms with E-state index >= 15 is 0 Å². The van der Waals surface area contributed by atoms with Crippen LogP contribution < -0.4 is 0 Å². The Morgan fingerprint density at radius 1 is 1.00 bits per heavy atom. The molecule has 3 rings (SSSR count). The SMILES string of the molecule is CC1(C)COC2(CC3CC(F)C[C@@H]3C2)OC1. The van der Waals surface area contributed by atoms with Gasteiger partial charge in [-0.15, -0.1) is 0 Å². The molecule has 0 bridgehead atoms. The number of fused-ring (bicyclic) bond motifs is 1. The van der Waals surface area contributed by atoms with Crippen LogP contribution in [0.15, 0.2) is 0 Å². The van der Waals surface area contributed by atoms with Crippen LogP contribution in [0, 0.1) is 17.3 Å². The molecule has 0 aromatic heterocycles. The van der Waals surface area contributed by atoms with Gasteiger partial charge in [0.1, 0.15) is 6.17 Å². The van der Waals surface area contributed by atoms with Gasteiger partial charge < -0.3 is 9.47 Å². The van der Waals surface area contributed by atoms with Crippen LogP contribution in [0.25, 0.3) is 0 Å². The fraction of sp³-hybridized carbons (Fsp3) is 1.00. The number of hydrogen-bond acceptors (Lipinski definition) is 2. The van der Waals surface area contributed by atoms with Gasteiger partial charge >= 0.3 is 0 Å². The Hall–Kier alpha value is -0.150. The molecular weight excluding hydrogens is 207 g/mol. The molecule has 2 unspecified atom stereocenters. The Kier molecular flexibility index (Phi) is 2.35. The zero-order valence-corrected chi connectivity index (χ0v) is 10.2. The quantitative estimate of drug-likeness (QED) is 0.634. The minimum atomic E-state index is -0.576. The van der Waals surface area contributed by atoms with Crippen molar-refractivity contribution in [2.75, 3.05) is 13.2 Å². The molecule has 1 aliphatic heterocycles. The molecule has 1 saturated heterocycles. The van der Waals surface area contributed by atoms with Gasteiger partial charge in [0.15, 0.2) is 5.79 Å². The minimum Gasteiger partial charge on any atom is -0.349 e. The maximum atomic E-state index is 13.2. The normalized spacial score (nSPS) is 44.8. The molecule has 3 fully saturated rings. The van der Waals surface area contributed by atoms with Crippen molar-refractivity contribution in [1.29, 1.82) is 0 Å². The zero-order chi connectivity index (χ0) is 11.4. The van der Waals surface area contributed by atoms with Crippen LogP contribution >= 0.6 is 0 Å². The largest absolute Gasteiger partial charge is 0.349 e. The van der Waals surface area contributed by atoms with Crippen molar-refractivity contribution in [3.63, 3.8) is 0 Å². The highest BCUT2D eigenvalue weighted by molar-refractivity contribution is 4.98. The van der Waals surface area contributed by atoms with E-state index in [0.29, 0.717) is 11.8 Å². The molecule has 1 heterocycles. The first-order valence-electron chi connectivity index (χ1n) is 6.40. The highest BCUT2D eigenvalue weighted by Crippen LogP contribution is 2.53. The molecule has 92 valence electrons. The lowest BCUT2D eigenvalue weighted by molar-refractivity contribution is -0.297. The van der Waals surface area contributed by atoms with Crippen LogP contribution in [0.3, 0.4) is 0 Å². The summed E-state index contributed by atoms with van der Waals surface area (Å²) in [7, 11) is 0. The summed E-state index contributed by atoms with van der Waals surface area (Å²) in [5, 5.41) is 0. The maximum absolute atomic E-state index is 13.2. The van der Waals surface area contributed by atoms with Gasteiger partial charge in [0, 0.05) is 18.3 Å². The number of halogens is 1. The Balaban J connectivity index is 1.66. The molecule has 1 spiro atoms. The fourth-order valence-electron chi connectivity index (χ4n) is 3.49. The van der Waals surface area contributed by atoms with E-state index < -0.39 is 6.17 Å². The summed E-state index contributed by atoms with van der Waals surface area (Å²) in [6, 6.07) is 0. The Morgan fingerprint density at radius 2 is 1.50 bits per heavy atom. The van der Waals surface area contributed by atoms with E-state index in [4.69, 9.17) is 9.47 Å². The van der Waals surface area contributed by atoms with Crippen molar-refractivity contribution in [2.24, 2.45) is 17.3 Å². The first-order chi connectivity index (χ1) is 7.48. The summed E-state index contributed by atoms with van der Waals surface area (Å²) in [4.78, 5) is 0. The van der Waals surface area contributed by atoms with Gasteiger partial charge in [0.25, 0.3) is 0 Å². The molecule has 3 aliphatic rings. The lowest BCUT2D eigenvalue weighted by atomic mass is 9.94. The van der Waals surface area contributed by atoms with Gasteiger partial charge in [0.05, 0.1) is 13.2 Å². The first-order valence-corrected chi connectivity index (χ1v) is 6.40. The highest BCUT2D eigenvalue weighted by Gasteiger charge is 2.53. The van der Waals surface area contributed by atoms with Gasteiger partial charge in [-0.05, 0) is 24.7 Å². The van der Waals surface area contributed by atoms with E-state index in [1.807, 2.05) is 0 Å². The molecule has 0 aromatic rings. The average Bonchev–Trinajstić information content (AvgIpc) is 2.66. The molecule has 2 saturated carbocycles. The van der Waals surface area contributed by atoms with Crippen LogP contribution in [-0.4, -0.2) is 25.2 Å². The third-order valence-corrected chi connectivity index (χ3v) is 4.38. The van der Waals surface area contributed by atoms with E-state index in [1.165, 1.54) is 0 Å². The van der Waals surface area contributed by atoms with Crippen LogP contribution in [0.1, 0.15) is 39.5 Å².